The zero-order chi connectivity index (χ0) is 16.3. The van der Waals surface area contributed by atoms with Gasteiger partial charge in [-0.1, -0.05) is 13.8 Å². The predicted molar refractivity (Wildman–Crippen MR) is 81.9 cm³/mol. The normalized spacial score (nSPS) is 27.0. The van der Waals surface area contributed by atoms with Crippen molar-refractivity contribution in [3.63, 3.8) is 0 Å². The Bertz CT molecular complexity index is 356. The minimum atomic E-state index is -0.760. The summed E-state index contributed by atoms with van der Waals surface area (Å²) in [6, 6.07) is 0. The first-order chi connectivity index (χ1) is 9.65. The van der Waals surface area contributed by atoms with E-state index in [4.69, 9.17) is 9.84 Å². The molecule has 0 aromatic rings. The van der Waals surface area contributed by atoms with Crippen LogP contribution in [0.15, 0.2) is 0 Å². The monoisotopic (exact) mass is 301 g/mol. The lowest BCUT2D eigenvalue weighted by Gasteiger charge is -2.45. The molecule has 5 nitrogen and oxygen atoms in total. The van der Waals surface area contributed by atoms with Gasteiger partial charge in [-0.15, -0.1) is 0 Å². The van der Waals surface area contributed by atoms with Crippen molar-refractivity contribution < 1.29 is 19.7 Å². The molecular weight excluding hydrogens is 270 g/mol. The Hall–Kier alpha value is -0.650. The highest BCUT2D eigenvalue weighted by molar-refractivity contribution is 5.82. The first-order valence-electron chi connectivity index (χ1n) is 7.85. The number of nitrogens with zero attached hydrogens (tertiary/aromatic N) is 1. The maximum absolute atomic E-state index is 12.6. The van der Waals surface area contributed by atoms with Crippen LogP contribution in [-0.2, 0) is 9.53 Å². The summed E-state index contributed by atoms with van der Waals surface area (Å²) in [5.41, 5.74) is -1.45. The van der Waals surface area contributed by atoms with Gasteiger partial charge in [0.1, 0.15) is 0 Å². The highest BCUT2D eigenvalue weighted by Crippen LogP contribution is 2.39. The Kier molecular flexibility index (Phi) is 6.20. The minimum absolute atomic E-state index is 0.00560. The predicted octanol–water partition coefficient (Wildman–Crippen LogP) is 1.42. The first-order valence-corrected chi connectivity index (χ1v) is 7.85. The van der Waals surface area contributed by atoms with Crippen LogP contribution < -0.4 is 0 Å². The number of rotatable bonds is 6. The lowest BCUT2D eigenvalue weighted by Crippen LogP contribution is -2.54. The van der Waals surface area contributed by atoms with Crippen molar-refractivity contribution in [3.8, 4) is 0 Å². The van der Waals surface area contributed by atoms with Gasteiger partial charge in [-0.2, -0.15) is 0 Å². The summed E-state index contributed by atoms with van der Waals surface area (Å²) in [7, 11) is 1.75. The summed E-state index contributed by atoms with van der Waals surface area (Å²) in [6.07, 6.45) is 1.38. The van der Waals surface area contributed by atoms with Crippen molar-refractivity contribution in [2.75, 3.05) is 26.8 Å². The van der Waals surface area contributed by atoms with Gasteiger partial charge in [0.25, 0.3) is 0 Å². The second kappa shape index (κ2) is 7.07. The van der Waals surface area contributed by atoms with E-state index in [-0.39, 0.29) is 24.5 Å². The summed E-state index contributed by atoms with van der Waals surface area (Å²) < 4.78 is 5.81. The van der Waals surface area contributed by atoms with Crippen LogP contribution >= 0.6 is 0 Å². The number of carbonyl (C=O) groups excluding carboxylic acids is 1. The summed E-state index contributed by atoms with van der Waals surface area (Å²) in [4.78, 5) is 14.3. The molecule has 0 spiro atoms. The second-order valence-electron chi connectivity index (χ2n) is 7.10. The number of carbonyl (C=O) groups is 1. The van der Waals surface area contributed by atoms with Gasteiger partial charge in [0.15, 0.2) is 0 Å². The quantitative estimate of drug-likeness (QED) is 0.778. The third-order valence-electron chi connectivity index (χ3n) is 4.82. The van der Waals surface area contributed by atoms with Gasteiger partial charge in [0.05, 0.1) is 17.1 Å². The molecule has 1 saturated heterocycles. The number of hydrogen-bond acceptors (Lipinski definition) is 4. The van der Waals surface area contributed by atoms with Crippen LogP contribution in [0.1, 0.15) is 47.0 Å². The summed E-state index contributed by atoms with van der Waals surface area (Å²) in [6.45, 7) is 8.85. The number of ether oxygens (including phenoxy) is 1. The lowest BCUT2D eigenvalue weighted by molar-refractivity contribution is -0.173. The molecule has 0 saturated carbocycles. The van der Waals surface area contributed by atoms with Gasteiger partial charge >= 0.3 is 0 Å². The Balaban J connectivity index is 2.79. The number of hydrogen-bond donors (Lipinski definition) is 2. The van der Waals surface area contributed by atoms with E-state index < -0.39 is 11.0 Å². The standard InChI is InChI=1S/C16H31NO4/c1-12(2)16(20)7-10-21-13(11-16)15(3,4)14(19)17(5)8-6-9-18/h12-13,18,20H,6-11H2,1-5H3. The average molecular weight is 301 g/mol. The fourth-order valence-electron chi connectivity index (χ4n) is 2.89. The second-order valence-corrected chi connectivity index (χ2v) is 7.10. The molecular formula is C16H31NO4. The molecule has 0 radical (unpaired) electrons. The molecule has 1 heterocycles. The molecule has 1 rings (SSSR count). The SMILES string of the molecule is CC(C)C1(O)CCOC(C(C)(C)C(=O)N(C)CCCO)C1. The van der Waals surface area contributed by atoms with Gasteiger partial charge in [-0.25, -0.2) is 0 Å². The van der Waals surface area contributed by atoms with Crippen LogP contribution in [0, 0.1) is 11.3 Å². The van der Waals surface area contributed by atoms with E-state index in [2.05, 4.69) is 0 Å². The van der Waals surface area contributed by atoms with Gasteiger partial charge in [0, 0.05) is 33.2 Å². The average Bonchev–Trinajstić information content (AvgIpc) is 2.43. The molecule has 0 bridgehead atoms. The molecule has 2 N–H and O–H groups in total. The Morgan fingerprint density at radius 2 is 2.10 bits per heavy atom. The molecule has 21 heavy (non-hydrogen) atoms. The summed E-state index contributed by atoms with van der Waals surface area (Å²) in [5.74, 6) is 0.135. The van der Waals surface area contributed by atoms with Crippen molar-refractivity contribution in [1.82, 2.24) is 4.90 Å². The zero-order valence-corrected chi connectivity index (χ0v) is 14.1. The molecule has 0 aromatic heterocycles. The molecule has 1 aliphatic heterocycles. The van der Waals surface area contributed by atoms with Crippen LogP contribution in [0.25, 0.3) is 0 Å². The van der Waals surface area contributed by atoms with Crippen molar-refractivity contribution in [2.45, 2.75) is 58.7 Å². The van der Waals surface area contributed by atoms with E-state index >= 15 is 0 Å². The van der Waals surface area contributed by atoms with Crippen LogP contribution in [0.4, 0.5) is 0 Å². The molecule has 124 valence electrons. The van der Waals surface area contributed by atoms with Crippen molar-refractivity contribution in [2.24, 2.45) is 11.3 Å². The van der Waals surface area contributed by atoms with E-state index in [1.807, 2.05) is 27.7 Å². The molecule has 1 fully saturated rings. The van der Waals surface area contributed by atoms with Crippen molar-refractivity contribution in [3.05, 3.63) is 0 Å². The highest BCUT2D eigenvalue weighted by Gasteiger charge is 2.47. The number of amides is 1. The Morgan fingerprint density at radius 1 is 1.48 bits per heavy atom. The van der Waals surface area contributed by atoms with E-state index in [9.17, 15) is 9.90 Å². The van der Waals surface area contributed by atoms with Crippen LogP contribution in [-0.4, -0.2) is 59.5 Å². The molecule has 2 atom stereocenters. The molecule has 0 aliphatic carbocycles. The molecule has 1 aliphatic rings. The molecule has 1 amide bonds. The third-order valence-corrected chi connectivity index (χ3v) is 4.82. The zero-order valence-electron chi connectivity index (χ0n) is 14.1. The highest BCUT2D eigenvalue weighted by atomic mass is 16.5. The van der Waals surface area contributed by atoms with E-state index in [1.165, 1.54) is 0 Å². The van der Waals surface area contributed by atoms with Gasteiger partial charge in [-0.05, 0) is 32.6 Å². The van der Waals surface area contributed by atoms with Crippen LogP contribution in [0.3, 0.4) is 0 Å². The number of aliphatic hydroxyl groups excluding tert-OH is 1. The van der Waals surface area contributed by atoms with E-state index in [0.717, 1.165) is 0 Å². The number of aliphatic hydroxyl groups is 2. The largest absolute Gasteiger partial charge is 0.396 e. The lowest BCUT2D eigenvalue weighted by atomic mass is 9.73. The Morgan fingerprint density at radius 3 is 2.62 bits per heavy atom. The van der Waals surface area contributed by atoms with Crippen LogP contribution in [0.2, 0.25) is 0 Å². The molecule has 5 heteroatoms. The topological polar surface area (TPSA) is 70.0 Å². The fourth-order valence-corrected chi connectivity index (χ4v) is 2.89. The third kappa shape index (κ3) is 4.18. The van der Waals surface area contributed by atoms with Gasteiger partial charge in [0.2, 0.25) is 5.91 Å². The minimum Gasteiger partial charge on any atom is -0.396 e. The summed E-state index contributed by atoms with van der Waals surface area (Å²) in [5, 5.41) is 19.6. The van der Waals surface area contributed by atoms with Crippen molar-refractivity contribution in [1.29, 1.82) is 0 Å². The smallest absolute Gasteiger partial charge is 0.230 e. The van der Waals surface area contributed by atoms with Crippen molar-refractivity contribution >= 4 is 5.91 Å². The maximum atomic E-state index is 12.6. The van der Waals surface area contributed by atoms with Gasteiger partial charge < -0.3 is 19.8 Å². The Labute approximate surface area is 128 Å². The van der Waals surface area contributed by atoms with E-state index in [0.29, 0.717) is 32.4 Å². The first kappa shape index (κ1) is 18.4. The molecule has 0 aromatic carbocycles. The molecule has 2 unspecified atom stereocenters. The summed E-state index contributed by atoms with van der Waals surface area (Å²) >= 11 is 0. The fraction of sp³-hybridized carbons (Fsp3) is 0.938. The maximum Gasteiger partial charge on any atom is 0.230 e. The van der Waals surface area contributed by atoms with Gasteiger partial charge in [-0.3, -0.25) is 4.79 Å². The van der Waals surface area contributed by atoms with E-state index in [1.54, 1.807) is 11.9 Å². The van der Waals surface area contributed by atoms with Crippen LogP contribution in [0.5, 0.6) is 0 Å².